The van der Waals surface area contributed by atoms with Crippen molar-refractivity contribution in [2.75, 3.05) is 5.32 Å². The van der Waals surface area contributed by atoms with Gasteiger partial charge in [-0.05, 0) is 42.7 Å². The largest absolute Gasteiger partial charge is 0.341 e. The van der Waals surface area contributed by atoms with Crippen LogP contribution in [0.15, 0.2) is 36.7 Å². The SMILES string of the molecule is Cc1ccccc1[C@H](NC(=O)C(=O)Nc1cnc(C(C)(C)C)nc1)[C@@H]1CCC[C@H](C)C1. The minimum atomic E-state index is -0.699. The van der Waals surface area contributed by atoms with Gasteiger partial charge in [-0.1, -0.05) is 64.8 Å². The van der Waals surface area contributed by atoms with E-state index in [2.05, 4.69) is 46.6 Å². The Morgan fingerprint density at radius 1 is 1.06 bits per heavy atom. The Morgan fingerprint density at radius 3 is 2.35 bits per heavy atom. The quantitative estimate of drug-likeness (QED) is 0.699. The van der Waals surface area contributed by atoms with E-state index in [1.165, 1.54) is 6.42 Å². The highest BCUT2D eigenvalue weighted by atomic mass is 16.2. The second-order valence-electron chi connectivity index (χ2n) is 9.84. The average Bonchev–Trinajstić information content (AvgIpc) is 2.72. The summed E-state index contributed by atoms with van der Waals surface area (Å²) in [5.41, 5.74) is 2.43. The smallest absolute Gasteiger partial charge is 0.313 e. The van der Waals surface area contributed by atoms with Crippen LogP contribution in [0.2, 0.25) is 0 Å². The van der Waals surface area contributed by atoms with Crippen molar-refractivity contribution in [1.29, 1.82) is 0 Å². The number of amides is 2. The molecule has 1 aliphatic rings. The van der Waals surface area contributed by atoms with E-state index in [9.17, 15) is 9.59 Å². The van der Waals surface area contributed by atoms with Crippen LogP contribution >= 0.6 is 0 Å². The molecule has 3 rings (SSSR count). The molecule has 0 saturated heterocycles. The van der Waals surface area contributed by atoms with E-state index in [-0.39, 0.29) is 11.5 Å². The molecule has 0 bridgehead atoms. The normalized spacial score (nSPS) is 20.0. The van der Waals surface area contributed by atoms with E-state index in [1.54, 1.807) is 12.4 Å². The zero-order valence-electron chi connectivity index (χ0n) is 19.2. The minimum absolute atomic E-state index is 0.179. The fourth-order valence-electron chi connectivity index (χ4n) is 4.34. The van der Waals surface area contributed by atoms with E-state index in [0.717, 1.165) is 30.4 Å². The van der Waals surface area contributed by atoms with E-state index >= 15 is 0 Å². The number of nitrogens with one attached hydrogen (secondary N) is 2. The molecule has 1 aliphatic carbocycles. The average molecular weight is 423 g/mol. The second-order valence-corrected chi connectivity index (χ2v) is 9.84. The van der Waals surface area contributed by atoms with Gasteiger partial charge >= 0.3 is 11.8 Å². The molecule has 31 heavy (non-hydrogen) atoms. The van der Waals surface area contributed by atoms with E-state index in [0.29, 0.717) is 23.3 Å². The van der Waals surface area contributed by atoms with Crippen LogP contribution in [-0.2, 0) is 15.0 Å². The van der Waals surface area contributed by atoms with Crippen molar-refractivity contribution in [3.05, 3.63) is 53.6 Å². The van der Waals surface area contributed by atoms with Crippen LogP contribution in [0.25, 0.3) is 0 Å². The van der Waals surface area contributed by atoms with E-state index in [4.69, 9.17) is 0 Å². The minimum Gasteiger partial charge on any atom is -0.341 e. The van der Waals surface area contributed by atoms with Crippen molar-refractivity contribution in [2.45, 2.75) is 71.8 Å². The van der Waals surface area contributed by atoms with Crippen LogP contribution in [0.3, 0.4) is 0 Å². The Balaban J connectivity index is 1.73. The van der Waals surface area contributed by atoms with E-state index in [1.807, 2.05) is 32.9 Å². The molecule has 0 spiro atoms. The van der Waals surface area contributed by atoms with Crippen LogP contribution in [0, 0.1) is 18.8 Å². The van der Waals surface area contributed by atoms with Gasteiger partial charge in [0.25, 0.3) is 0 Å². The number of carbonyl (C=O) groups is 2. The van der Waals surface area contributed by atoms with Gasteiger partial charge in [-0.2, -0.15) is 0 Å². The fourth-order valence-corrected chi connectivity index (χ4v) is 4.34. The third kappa shape index (κ3) is 5.90. The first-order valence-corrected chi connectivity index (χ1v) is 11.1. The van der Waals surface area contributed by atoms with Crippen molar-refractivity contribution in [3.63, 3.8) is 0 Å². The monoisotopic (exact) mass is 422 g/mol. The van der Waals surface area contributed by atoms with Gasteiger partial charge in [0.1, 0.15) is 5.82 Å². The number of hydrogen-bond donors (Lipinski definition) is 2. The first-order valence-electron chi connectivity index (χ1n) is 11.1. The van der Waals surface area contributed by atoms with Crippen molar-refractivity contribution in [3.8, 4) is 0 Å². The van der Waals surface area contributed by atoms with Crippen LogP contribution < -0.4 is 10.6 Å². The number of nitrogens with zero attached hydrogens (tertiary/aromatic N) is 2. The number of rotatable bonds is 4. The zero-order chi connectivity index (χ0) is 22.6. The predicted molar refractivity (Wildman–Crippen MR) is 123 cm³/mol. The Hall–Kier alpha value is -2.76. The van der Waals surface area contributed by atoms with Gasteiger partial charge in [-0.25, -0.2) is 9.97 Å². The molecule has 1 aromatic heterocycles. The van der Waals surface area contributed by atoms with E-state index < -0.39 is 11.8 Å². The fraction of sp³-hybridized carbons (Fsp3) is 0.520. The maximum absolute atomic E-state index is 12.8. The molecular formula is C25H34N4O2. The molecule has 1 aromatic carbocycles. The van der Waals surface area contributed by atoms with Gasteiger partial charge in [0.05, 0.1) is 24.1 Å². The number of aromatic nitrogens is 2. The van der Waals surface area contributed by atoms with Gasteiger partial charge in [0.2, 0.25) is 0 Å². The number of carbonyl (C=O) groups excluding carboxylic acids is 2. The number of anilines is 1. The highest BCUT2D eigenvalue weighted by Crippen LogP contribution is 2.38. The molecule has 0 radical (unpaired) electrons. The molecule has 0 aliphatic heterocycles. The molecule has 6 heteroatoms. The summed E-state index contributed by atoms with van der Waals surface area (Å²) in [6, 6.07) is 7.91. The summed E-state index contributed by atoms with van der Waals surface area (Å²) in [6.45, 7) is 10.4. The molecule has 166 valence electrons. The first-order chi connectivity index (χ1) is 14.6. The van der Waals surface area contributed by atoms with Crippen LogP contribution in [-0.4, -0.2) is 21.8 Å². The number of benzene rings is 1. The maximum Gasteiger partial charge on any atom is 0.313 e. The van der Waals surface area contributed by atoms with Crippen LogP contribution in [0.5, 0.6) is 0 Å². The number of hydrogen-bond acceptors (Lipinski definition) is 4. The van der Waals surface area contributed by atoms with Crippen molar-refractivity contribution in [1.82, 2.24) is 15.3 Å². The molecule has 3 atom stereocenters. The summed E-state index contributed by atoms with van der Waals surface area (Å²) < 4.78 is 0. The second kappa shape index (κ2) is 9.58. The van der Waals surface area contributed by atoms with Crippen molar-refractivity contribution in [2.24, 2.45) is 11.8 Å². The van der Waals surface area contributed by atoms with Crippen LogP contribution in [0.4, 0.5) is 5.69 Å². The summed E-state index contributed by atoms with van der Waals surface area (Å²) in [7, 11) is 0. The maximum atomic E-state index is 12.8. The third-order valence-electron chi connectivity index (χ3n) is 6.05. The standard InChI is InChI=1S/C25H34N4O2/c1-16-9-8-11-18(13-16)21(20-12-7-6-10-17(20)2)29-23(31)22(30)28-19-14-26-24(27-15-19)25(3,4)5/h6-7,10,12,14-16,18,21H,8-9,11,13H2,1-5H3,(H,28,30)(H,29,31)/t16-,18+,21+/m0/s1. The highest BCUT2D eigenvalue weighted by Gasteiger charge is 2.31. The van der Waals surface area contributed by atoms with Gasteiger partial charge in [-0.3, -0.25) is 9.59 Å². The molecule has 2 aromatic rings. The summed E-state index contributed by atoms with van der Waals surface area (Å²) in [5, 5.41) is 5.66. The summed E-state index contributed by atoms with van der Waals surface area (Å²) in [4.78, 5) is 34.1. The third-order valence-corrected chi connectivity index (χ3v) is 6.05. The molecule has 2 N–H and O–H groups in total. The molecule has 1 fully saturated rings. The van der Waals surface area contributed by atoms with Crippen molar-refractivity contribution >= 4 is 17.5 Å². The van der Waals surface area contributed by atoms with Crippen molar-refractivity contribution < 1.29 is 9.59 Å². The molecule has 0 unspecified atom stereocenters. The van der Waals surface area contributed by atoms with Crippen LogP contribution in [0.1, 0.15) is 76.4 Å². The Bertz CT molecular complexity index is 918. The lowest BCUT2D eigenvalue weighted by Crippen LogP contribution is -2.41. The lowest BCUT2D eigenvalue weighted by molar-refractivity contribution is -0.137. The lowest BCUT2D eigenvalue weighted by Gasteiger charge is -2.34. The topological polar surface area (TPSA) is 84.0 Å². The molecule has 1 saturated carbocycles. The Kier molecular flexibility index (Phi) is 7.08. The molecule has 2 amide bonds. The Morgan fingerprint density at radius 2 is 1.74 bits per heavy atom. The van der Waals surface area contributed by atoms with Gasteiger partial charge in [0.15, 0.2) is 0 Å². The summed E-state index contributed by atoms with van der Waals surface area (Å²) in [6.07, 6.45) is 7.54. The number of aryl methyl sites for hydroxylation is 1. The van der Waals surface area contributed by atoms with Gasteiger partial charge in [0, 0.05) is 5.41 Å². The van der Waals surface area contributed by atoms with Gasteiger partial charge in [-0.15, -0.1) is 0 Å². The summed E-state index contributed by atoms with van der Waals surface area (Å²) >= 11 is 0. The molecule has 6 nitrogen and oxygen atoms in total. The lowest BCUT2D eigenvalue weighted by atomic mass is 9.76. The first kappa shape index (κ1) is 22.9. The highest BCUT2D eigenvalue weighted by molar-refractivity contribution is 6.39. The zero-order valence-corrected chi connectivity index (χ0v) is 19.2. The Labute approximate surface area is 185 Å². The summed E-state index contributed by atoms with van der Waals surface area (Å²) in [5.74, 6) is 0.285. The predicted octanol–water partition coefficient (Wildman–Crippen LogP) is 4.70. The molecular weight excluding hydrogens is 388 g/mol. The van der Waals surface area contributed by atoms with Gasteiger partial charge < -0.3 is 10.6 Å². The molecule has 1 heterocycles.